The molecule has 1 N–H and O–H groups in total. The molecule has 0 atom stereocenters. The van der Waals surface area contributed by atoms with Gasteiger partial charge in [0.1, 0.15) is 23.7 Å². The normalized spacial score (nSPS) is 10.6. The van der Waals surface area contributed by atoms with Crippen molar-refractivity contribution in [2.24, 2.45) is 5.10 Å². The molecule has 0 heterocycles. The minimum absolute atomic E-state index is 0.00820. The van der Waals surface area contributed by atoms with Gasteiger partial charge < -0.3 is 14.2 Å². The van der Waals surface area contributed by atoms with Gasteiger partial charge in [-0.05, 0) is 55.0 Å². The van der Waals surface area contributed by atoms with Gasteiger partial charge >= 0.3 is 5.97 Å². The second-order valence-corrected chi connectivity index (χ2v) is 6.75. The molecule has 0 amide bonds. The number of nitrogens with zero attached hydrogens (tertiary/aromatic N) is 2. The van der Waals surface area contributed by atoms with Crippen LogP contribution in [-0.4, -0.2) is 30.8 Å². The summed E-state index contributed by atoms with van der Waals surface area (Å²) in [4.78, 5) is 22.4. The number of hydrazone groups is 1. The molecular formula is C24H23N3O6. The number of hydrogen-bond donors (Lipinski definition) is 1. The van der Waals surface area contributed by atoms with Crippen molar-refractivity contribution in [3.63, 3.8) is 0 Å². The maximum atomic E-state index is 12.2. The first-order valence-corrected chi connectivity index (χ1v) is 10.1. The highest BCUT2D eigenvalue weighted by Gasteiger charge is 2.14. The fourth-order valence-electron chi connectivity index (χ4n) is 2.96. The summed E-state index contributed by atoms with van der Waals surface area (Å²) >= 11 is 0. The van der Waals surface area contributed by atoms with Crippen LogP contribution in [-0.2, 0) is 11.3 Å². The third kappa shape index (κ3) is 6.30. The summed E-state index contributed by atoms with van der Waals surface area (Å²) in [6, 6.07) is 18.3. The number of esters is 1. The number of non-ortho nitro benzene ring substituents is 1. The fraction of sp³-hybridized carbons (Fsp3) is 0.167. The number of ether oxygens (including phenoxy) is 3. The minimum Gasteiger partial charge on any atom is -0.496 e. The number of anilines is 1. The van der Waals surface area contributed by atoms with Crippen LogP contribution < -0.4 is 14.9 Å². The Hall–Kier alpha value is -4.40. The molecule has 0 saturated heterocycles. The van der Waals surface area contributed by atoms with E-state index in [0.29, 0.717) is 22.7 Å². The predicted molar refractivity (Wildman–Crippen MR) is 124 cm³/mol. The lowest BCUT2D eigenvalue weighted by Crippen LogP contribution is -2.08. The summed E-state index contributed by atoms with van der Waals surface area (Å²) < 4.78 is 16.4. The van der Waals surface area contributed by atoms with Gasteiger partial charge in [-0.25, -0.2) is 4.79 Å². The van der Waals surface area contributed by atoms with Crippen LogP contribution in [0.2, 0.25) is 0 Å². The topological polar surface area (TPSA) is 112 Å². The Labute approximate surface area is 190 Å². The molecule has 9 nitrogen and oxygen atoms in total. The highest BCUT2D eigenvalue weighted by atomic mass is 16.6. The number of nitro groups is 1. The van der Waals surface area contributed by atoms with Gasteiger partial charge in [0.25, 0.3) is 5.69 Å². The molecule has 0 bridgehead atoms. The molecule has 3 rings (SSSR count). The molecule has 0 unspecified atom stereocenters. The number of para-hydroxylation sites is 1. The number of nitro benzene ring substituents is 1. The Morgan fingerprint density at radius 2 is 1.85 bits per heavy atom. The third-order valence-corrected chi connectivity index (χ3v) is 4.56. The molecule has 0 aromatic heterocycles. The lowest BCUT2D eigenvalue weighted by Gasteiger charge is -2.13. The molecule has 0 fully saturated rings. The molecular weight excluding hydrogens is 426 g/mol. The zero-order chi connectivity index (χ0) is 23.6. The summed E-state index contributed by atoms with van der Waals surface area (Å²) in [6.45, 7) is 2.18. The highest BCUT2D eigenvalue weighted by molar-refractivity contribution is 5.92. The van der Waals surface area contributed by atoms with E-state index in [9.17, 15) is 14.9 Å². The van der Waals surface area contributed by atoms with Crippen molar-refractivity contribution >= 4 is 23.6 Å². The summed E-state index contributed by atoms with van der Waals surface area (Å²) in [6.07, 6.45) is 1.61. The van der Waals surface area contributed by atoms with Crippen molar-refractivity contribution < 1.29 is 23.9 Å². The number of carbonyl (C=O) groups is 1. The second-order valence-electron chi connectivity index (χ2n) is 6.75. The van der Waals surface area contributed by atoms with Crippen LogP contribution in [0.25, 0.3) is 0 Å². The van der Waals surface area contributed by atoms with Gasteiger partial charge in [-0.3, -0.25) is 15.5 Å². The van der Waals surface area contributed by atoms with E-state index in [-0.39, 0.29) is 18.9 Å². The van der Waals surface area contributed by atoms with Crippen molar-refractivity contribution in [1.82, 2.24) is 0 Å². The van der Waals surface area contributed by atoms with Crippen LogP contribution in [0.15, 0.2) is 71.8 Å². The van der Waals surface area contributed by atoms with Crippen molar-refractivity contribution in [2.45, 2.75) is 13.5 Å². The van der Waals surface area contributed by atoms with Crippen LogP contribution in [0.4, 0.5) is 11.4 Å². The Morgan fingerprint density at radius 1 is 1.09 bits per heavy atom. The number of nitrogens with one attached hydrogen (secondary N) is 1. The van der Waals surface area contributed by atoms with Gasteiger partial charge in [0.15, 0.2) is 0 Å². The SMILES string of the molecule is CCOC(=O)c1ccccc1OCc1cc(/C=N\Nc2ccc([N+](=O)[O-])cc2)ccc1OC. The van der Waals surface area contributed by atoms with E-state index in [1.807, 2.05) is 12.1 Å². The Kier molecular flexibility index (Phi) is 7.96. The van der Waals surface area contributed by atoms with E-state index in [1.54, 1.807) is 62.7 Å². The van der Waals surface area contributed by atoms with Crippen molar-refractivity contribution in [1.29, 1.82) is 0 Å². The quantitative estimate of drug-likeness (QED) is 0.205. The third-order valence-electron chi connectivity index (χ3n) is 4.56. The van der Waals surface area contributed by atoms with Crippen LogP contribution in [0.1, 0.15) is 28.4 Å². The summed E-state index contributed by atoms with van der Waals surface area (Å²) in [5.74, 6) is 0.597. The summed E-state index contributed by atoms with van der Waals surface area (Å²) in [5, 5.41) is 14.9. The molecule has 9 heteroatoms. The van der Waals surface area contributed by atoms with Gasteiger partial charge in [-0.15, -0.1) is 0 Å². The average molecular weight is 449 g/mol. The van der Waals surface area contributed by atoms with Crippen LogP contribution in [0.5, 0.6) is 11.5 Å². The van der Waals surface area contributed by atoms with E-state index >= 15 is 0 Å². The summed E-state index contributed by atoms with van der Waals surface area (Å²) in [5.41, 5.74) is 5.34. The standard InChI is InChI=1S/C24H23N3O6/c1-3-32-24(28)21-6-4-5-7-23(21)33-16-18-14-17(8-13-22(18)31-2)15-25-26-19-9-11-20(12-10-19)27(29)30/h4-15,26H,3,16H2,1-2H3/b25-15-. The molecule has 0 aliphatic heterocycles. The number of benzene rings is 3. The van der Waals surface area contributed by atoms with Crippen LogP contribution in [0, 0.1) is 10.1 Å². The zero-order valence-electron chi connectivity index (χ0n) is 18.2. The smallest absolute Gasteiger partial charge is 0.341 e. The molecule has 170 valence electrons. The number of methoxy groups -OCH3 is 1. The Morgan fingerprint density at radius 3 is 2.55 bits per heavy atom. The summed E-state index contributed by atoms with van der Waals surface area (Å²) in [7, 11) is 1.56. The van der Waals surface area contributed by atoms with Crippen LogP contribution in [0.3, 0.4) is 0 Å². The van der Waals surface area contributed by atoms with Crippen molar-refractivity contribution in [2.75, 3.05) is 19.1 Å². The zero-order valence-corrected chi connectivity index (χ0v) is 18.2. The Balaban J connectivity index is 1.70. The molecule has 0 radical (unpaired) electrons. The molecule has 3 aromatic carbocycles. The second kappa shape index (κ2) is 11.3. The monoisotopic (exact) mass is 449 g/mol. The van der Waals surface area contributed by atoms with Gasteiger partial charge in [0.2, 0.25) is 0 Å². The van der Waals surface area contributed by atoms with Gasteiger partial charge in [0, 0.05) is 17.7 Å². The largest absolute Gasteiger partial charge is 0.496 e. The van der Waals surface area contributed by atoms with E-state index < -0.39 is 10.9 Å². The lowest BCUT2D eigenvalue weighted by molar-refractivity contribution is -0.384. The molecule has 0 saturated carbocycles. The average Bonchev–Trinajstić information content (AvgIpc) is 2.83. The van der Waals surface area contributed by atoms with Gasteiger partial charge in [0.05, 0.1) is 30.5 Å². The predicted octanol–water partition coefficient (Wildman–Crippen LogP) is 4.81. The maximum absolute atomic E-state index is 12.2. The molecule has 0 spiro atoms. The van der Waals surface area contributed by atoms with Gasteiger partial charge in [-0.2, -0.15) is 5.10 Å². The number of carbonyl (C=O) groups excluding carboxylic acids is 1. The molecule has 0 aliphatic carbocycles. The first-order valence-electron chi connectivity index (χ1n) is 10.1. The van der Waals surface area contributed by atoms with E-state index in [0.717, 1.165) is 11.1 Å². The molecule has 3 aromatic rings. The van der Waals surface area contributed by atoms with E-state index in [4.69, 9.17) is 14.2 Å². The fourth-order valence-corrected chi connectivity index (χ4v) is 2.96. The number of rotatable bonds is 10. The highest BCUT2D eigenvalue weighted by Crippen LogP contribution is 2.24. The molecule has 0 aliphatic rings. The molecule has 33 heavy (non-hydrogen) atoms. The lowest BCUT2D eigenvalue weighted by atomic mass is 10.1. The first kappa shape index (κ1) is 23.3. The van der Waals surface area contributed by atoms with Crippen molar-refractivity contribution in [3.05, 3.63) is 93.5 Å². The number of hydrogen-bond acceptors (Lipinski definition) is 8. The van der Waals surface area contributed by atoms with E-state index in [1.165, 1.54) is 12.1 Å². The minimum atomic E-state index is -0.459. The van der Waals surface area contributed by atoms with Crippen LogP contribution >= 0.6 is 0 Å². The van der Waals surface area contributed by atoms with E-state index in [2.05, 4.69) is 10.5 Å². The maximum Gasteiger partial charge on any atom is 0.341 e. The Bertz CT molecular complexity index is 1150. The first-order chi connectivity index (χ1) is 16.0. The van der Waals surface area contributed by atoms with Gasteiger partial charge in [-0.1, -0.05) is 12.1 Å². The van der Waals surface area contributed by atoms with Crippen molar-refractivity contribution in [3.8, 4) is 11.5 Å².